The number of hydrogen-bond acceptors (Lipinski definition) is 4. The average Bonchev–Trinajstić information content (AvgIpc) is 3.23. The van der Waals surface area contributed by atoms with E-state index in [1.54, 1.807) is 0 Å². The van der Waals surface area contributed by atoms with E-state index in [1.165, 1.54) is 22.5 Å². The summed E-state index contributed by atoms with van der Waals surface area (Å²) < 4.78 is 49.6. The molecule has 0 aliphatic heterocycles. The zero-order chi connectivity index (χ0) is 15.7. The smallest absolute Gasteiger partial charge is 0.207 e. The third-order valence-corrected chi connectivity index (χ3v) is 6.68. The zero-order valence-electron chi connectivity index (χ0n) is 11.7. The maximum Gasteiger partial charge on any atom is 0.261 e. The summed E-state index contributed by atoms with van der Waals surface area (Å²) in [7, 11) is -2.34. The predicted molar refractivity (Wildman–Crippen MR) is 81.3 cm³/mol. The van der Waals surface area contributed by atoms with Gasteiger partial charge < -0.3 is 0 Å². The van der Waals surface area contributed by atoms with E-state index in [0.29, 0.717) is 6.54 Å². The van der Waals surface area contributed by atoms with Gasteiger partial charge >= 0.3 is 0 Å². The van der Waals surface area contributed by atoms with Gasteiger partial charge in [-0.05, 0) is 37.5 Å². The molecule has 0 spiro atoms. The molecule has 21 heavy (non-hydrogen) atoms. The molecule has 1 aromatic rings. The number of benzene rings is 1. The standard InChI is InChI=1S/C13H18ClNO4S2/c1-2-3-9-15(11-7-8-11)21(18,19)13-6-4-5-12(10-13)20(14,16)17/h4-6,10-11H,2-3,7-9H2,1H3. The van der Waals surface area contributed by atoms with Crippen LogP contribution in [0.1, 0.15) is 32.6 Å². The number of nitrogens with zero attached hydrogens (tertiary/aromatic N) is 1. The molecule has 1 aromatic carbocycles. The fraction of sp³-hybridized carbons (Fsp3) is 0.538. The monoisotopic (exact) mass is 351 g/mol. The van der Waals surface area contributed by atoms with E-state index in [0.717, 1.165) is 31.7 Å². The normalized spacial score (nSPS) is 16.3. The van der Waals surface area contributed by atoms with Crippen molar-refractivity contribution in [2.45, 2.75) is 48.4 Å². The van der Waals surface area contributed by atoms with E-state index < -0.39 is 19.1 Å². The first-order valence-electron chi connectivity index (χ1n) is 6.83. The lowest BCUT2D eigenvalue weighted by molar-refractivity contribution is 0.395. The van der Waals surface area contributed by atoms with Gasteiger partial charge in [-0.3, -0.25) is 0 Å². The average molecular weight is 352 g/mol. The molecule has 0 bridgehead atoms. The lowest BCUT2D eigenvalue weighted by atomic mass is 10.3. The van der Waals surface area contributed by atoms with Crippen molar-refractivity contribution in [2.75, 3.05) is 6.54 Å². The van der Waals surface area contributed by atoms with Gasteiger partial charge in [-0.2, -0.15) is 4.31 Å². The second-order valence-corrected chi connectivity index (χ2v) is 9.57. The van der Waals surface area contributed by atoms with Gasteiger partial charge in [0, 0.05) is 23.3 Å². The van der Waals surface area contributed by atoms with E-state index in [9.17, 15) is 16.8 Å². The van der Waals surface area contributed by atoms with Gasteiger partial charge in [0.25, 0.3) is 9.05 Å². The first-order chi connectivity index (χ1) is 9.76. The van der Waals surface area contributed by atoms with Gasteiger partial charge in [-0.1, -0.05) is 19.4 Å². The minimum absolute atomic E-state index is 0.0211. The molecule has 2 rings (SSSR count). The largest absolute Gasteiger partial charge is 0.261 e. The van der Waals surface area contributed by atoms with Crippen molar-refractivity contribution in [1.82, 2.24) is 4.31 Å². The van der Waals surface area contributed by atoms with E-state index in [-0.39, 0.29) is 15.8 Å². The van der Waals surface area contributed by atoms with Crippen LogP contribution >= 0.6 is 10.7 Å². The number of sulfonamides is 1. The van der Waals surface area contributed by atoms with Crippen LogP contribution < -0.4 is 0 Å². The molecule has 1 saturated carbocycles. The molecule has 0 heterocycles. The van der Waals surface area contributed by atoms with E-state index in [4.69, 9.17) is 10.7 Å². The van der Waals surface area contributed by atoms with Crippen LogP contribution in [0.5, 0.6) is 0 Å². The molecule has 1 aliphatic rings. The Morgan fingerprint density at radius 3 is 2.33 bits per heavy atom. The summed E-state index contributed by atoms with van der Waals surface area (Å²) in [4.78, 5) is -0.219. The summed E-state index contributed by atoms with van der Waals surface area (Å²) in [6, 6.07) is 5.25. The highest BCUT2D eigenvalue weighted by molar-refractivity contribution is 8.13. The summed E-state index contributed by atoms with van der Waals surface area (Å²) in [6.45, 7) is 2.46. The van der Waals surface area contributed by atoms with E-state index in [2.05, 4.69) is 0 Å². The van der Waals surface area contributed by atoms with E-state index >= 15 is 0 Å². The molecule has 0 unspecified atom stereocenters. The first-order valence-corrected chi connectivity index (χ1v) is 10.6. The number of hydrogen-bond donors (Lipinski definition) is 0. The molecule has 118 valence electrons. The van der Waals surface area contributed by atoms with Gasteiger partial charge in [0.1, 0.15) is 0 Å². The molecule has 0 radical (unpaired) electrons. The van der Waals surface area contributed by atoms with Gasteiger partial charge in [0.15, 0.2) is 0 Å². The highest BCUT2D eigenvalue weighted by Crippen LogP contribution is 2.33. The molecule has 0 N–H and O–H groups in total. The third kappa shape index (κ3) is 3.97. The molecule has 0 atom stereocenters. The fourth-order valence-electron chi connectivity index (χ4n) is 2.10. The lowest BCUT2D eigenvalue weighted by Crippen LogP contribution is -2.34. The molecule has 8 heteroatoms. The SMILES string of the molecule is CCCCN(C1CC1)S(=O)(=O)c1cccc(S(=O)(=O)Cl)c1. The van der Waals surface area contributed by atoms with Crippen LogP contribution in [0.15, 0.2) is 34.1 Å². The zero-order valence-corrected chi connectivity index (χ0v) is 14.1. The van der Waals surface area contributed by atoms with Crippen LogP contribution in [0, 0.1) is 0 Å². The van der Waals surface area contributed by atoms with Gasteiger partial charge in [0.05, 0.1) is 9.79 Å². The lowest BCUT2D eigenvalue weighted by Gasteiger charge is -2.21. The summed E-state index contributed by atoms with van der Waals surface area (Å²) in [5, 5.41) is 0. The minimum atomic E-state index is -3.94. The van der Waals surface area contributed by atoms with Crippen molar-refractivity contribution < 1.29 is 16.8 Å². The summed E-state index contributed by atoms with van der Waals surface area (Å²) in [5.74, 6) is 0. The molecular formula is C13H18ClNO4S2. The van der Waals surface area contributed by atoms with Crippen LogP contribution in [0.3, 0.4) is 0 Å². The number of rotatable bonds is 7. The summed E-state index contributed by atoms with van der Waals surface area (Å²) >= 11 is 0. The Hall–Kier alpha value is -0.630. The Bertz CT molecular complexity index is 711. The topological polar surface area (TPSA) is 71.5 Å². The third-order valence-electron chi connectivity index (χ3n) is 3.38. The Kier molecular flexibility index (Phi) is 4.97. The fourth-order valence-corrected chi connectivity index (χ4v) is 4.74. The molecule has 0 saturated heterocycles. The van der Waals surface area contributed by atoms with Crippen LogP contribution in [-0.4, -0.2) is 33.7 Å². The highest BCUT2D eigenvalue weighted by atomic mass is 35.7. The second kappa shape index (κ2) is 6.24. The minimum Gasteiger partial charge on any atom is -0.207 e. The van der Waals surface area contributed by atoms with Gasteiger partial charge in [-0.15, -0.1) is 0 Å². The van der Waals surface area contributed by atoms with Crippen molar-refractivity contribution in [3.63, 3.8) is 0 Å². The molecule has 1 fully saturated rings. The number of unbranched alkanes of at least 4 members (excludes halogenated alkanes) is 1. The van der Waals surface area contributed by atoms with Crippen LogP contribution in [-0.2, 0) is 19.1 Å². The molecule has 1 aliphatic carbocycles. The second-order valence-electron chi connectivity index (χ2n) is 5.11. The highest BCUT2D eigenvalue weighted by Gasteiger charge is 2.37. The molecule has 5 nitrogen and oxygen atoms in total. The van der Waals surface area contributed by atoms with Gasteiger partial charge in [-0.25, -0.2) is 16.8 Å². The van der Waals surface area contributed by atoms with Crippen molar-refractivity contribution in [1.29, 1.82) is 0 Å². The maximum absolute atomic E-state index is 12.7. The molecule has 0 amide bonds. The summed E-state index contributed by atoms with van der Waals surface area (Å²) in [5.41, 5.74) is 0. The Morgan fingerprint density at radius 2 is 1.81 bits per heavy atom. The predicted octanol–water partition coefficient (Wildman–Crippen LogP) is 2.57. The van der Waals surface area contributed by atoms with Crippen LogP contribution in [0.4, 0.5) is 0 Å². The molecule has 0 aromatic heterocycles. The maximum atomic E-state index is 12.7. The van der Waals surface area contributed by atoms with Crippen molar-refractivity contribution in [3.8, 4) is 0 Å². The quantitative estimate of drug-likeness (QED) is 0.708. The van der Waals surface area contributed by atoms with Crippen LogP contribution in [0.2, 0.25) is 0 Å². The first kappa shape index (κ1) is 16.7. The van der Waals surface area contributed by atoms with Gasteiger partial charge in [0.2, 0.25) is 10.0 Å². The van der Waals surface area contributed by atoms with Crippen LogP contribution in [0.25, 0.3) is 0 Å². The van der Waals surface area contributed by atoms with E-state index in [1.807, 2.05) is 6.92 Å². The Labute approximate surface area is 130 Å². The van der Waals surface area contributed by atoms with Crippen molar-refractivity contribution in [2.24, 2.45) is 0 Å². The number of halogens is 1. The molecular weight excluding hydrogens is 334 g/mol. The Balaban J connectivity index is 2.38. The van der Waals surface area contributed by atoms with Crippen molar-refractivity contribution in [3.05, 3.63) is 24.3 Å². The Morgan fingerprint density at radius 1 is 1.19 bits per heavy atom. The summed E-state index contributed by atoms with van der Waals surface area (Å²) in [6.07, 6.45) is 3.39. The van der Waals surface area contributed by atoms with Crippen molar-refractivity contribution >= 4 is 29.8 Å².